The van der Waals surface area contributed by atoms with Crippen molar-refractivity contribution in [3.05, 3.63) is 35.4 Å². The van der Waals surface area contributed by atoms with Gasteiger partial charge in [-0.25, -0.2) is 18.2 Å². The number of carbonyl (C=O) groups is 1. The molecule has 0 aromatic carbocycles. The van der Waals surface area contributed by atoms with E-state index in [0.717, 1.165) is 71.5 Å². The Hall–Kier alpha value is -2.37. The molecule has 0 aromatic rings. The van der Waals surface area contributed by atoms with Crippen LogP contribution in [0.15, 0.2) is 40.4 Å². The van der Waals surface area contributed by atoms with Crippen molar-refractivity contribution < 1.29 is 18.0 Å². The summed E-state index contributed by atoms with van der Waals surface area (Å²) in [5.41, 5.74) is 16.0. The van der Waals surface area contributed by atoms with Gasteiger partial charge in [0.2, 0.25) is 12.3 Å². The molecule has 1 aliphatic rings. The maximum atomic E-state index is 13.0. The second-order valence-electron chi connectivity index (χ2n) is 7.94. The molecule has 1 aliphatic heterocycles. The number of nitrogens with one attached hydrogen (secondary N) is 2. The molecule has 1 heterocycles. The van der Waals surface area contributed by atoms with Crippen LogP contribution in [0.5, 0.6) is 0 Å². The number of nitrogens with two attached hydrogens (primary N) is 3. The maximum Gasteiger partial charge on any atom is 0.239 e. The molecule has 0 aliphatic carbocycles. The molecule has 218 valence electrons. The molecule has 1 atom stereocenters. The molecule has 1 unspecified atom stereocenters. The zero-order valence-electron chi connectivity index (χ0n) is 23.7. The number of rotatable bonds is 12. The molecule has 1 rings (SSSR count). The van der Waals surface area contributed by atoms with Gasteiger partial charge in [-0.3, -0.25) is 4.79 Å². The molecular formula is C26H52F3N7O. The average molecular weight is 536 g/mol. The van der Waals surface area contributed by atoms with Crippen LogP contribution in [0.25, 0.3) is 0 Å². The van der Waals surface area contributed by atoms with Gasteiger partial charge in [-0.05, 0) is 60.5 Å². The van der Waals surface area contributed by atoms with Crippen LogP contribution in [0, 0.1) is 0 Å². The number of hydrogen-bond acceptors (Lipinski definition) is 6. The zero-order chi connectivity index (χ0) is 29.1. The lowest BCUT2D eigenvalue weighted by Gasteiger charge is -2.31. The van der Waals surface area contributed by atoms with Gasteiger partial charge >= 0.3 is 0 Å². The molecule has 11 heteroatoms. The third kappa shape index (κ3) is 25.1. The number of amides is 1. The molecule has 0 radical (unpaired) electrons. The number of unbranched alkanes of at least 4 members (excludes halogenated alkanes) is 2. The summed E-state index contributed by atoms with van der Waals surface area (Å²) in [5, 5.41) is 6.26. The summed E-state index contributed by atoms with van der Waals surface area (Å²) in [4.78, 5) is 17.4. The van der Waals surface area contributed by atoms with E-state index in [1.165, 1.54) is 12.6 Å². The highest BCUT2D eigenvalue weighted by molar-refractivity contribution is 5.82. The summed E-state index contributed by atoms with van der Waals surface area (Å²) in [6.45, 7) is 12.5. The standard InChI is InChI=1S/C14H24N2O.C9H19FN4.C2H4F2.CH5N/c1-4-7-12(3)9-10-15-13-8-6-11-16(5-2)14(13)17;1-2-3-4-5-13-6-8(10)9(12)14-7-11;1-2(3)4;1-2/h4,7,9,13,15H,5-6,8,10-11H2,1-3H3;7,13H,2-6,12H2,1H3,(H2,11,14);2H,1H3;2H2,1H3/b7-4-,12-9-;9-8+;;. The number of aliphatic imine (C=N–C) groups is 1. The van der Waals surface area contributed by atoms with Crippen LogP contribution >= 0.6 is 0 Å². The molecule has 1 amide bonds. The Balaban J connectivity index is -0.000000522. The van der Waals surface area contributed by atoms with Crippen molar-refractivity contribution in [2.24, 2.45) is 22.2 Å². The number of allylic oxidation sites excluding steroid dienone is 3. The van der Waals surface area contributed by atoms with E-state index < -0.39 is 12.3 Å². The van der Waals surface area contributed by atoms with Gasteiger partial charge in [0.25, 0.3) is 0 Å². The topological polar surface area (TPSA) is 135 Å². The Morgan fingerprint density at radius 3 is 2.41 bits per heavy atom. The molecule has 1 saturated heterocycles. The Morgan fingerprint density at radius 1 is 1.27 bits per heavy atom. The number of hydrogen-bond donors (Lipinski definition) is 5. The van der Waals surface area contributed by atoms with Crippen molar-refractivity contribution in [2.75, 3.05) is 39.8 Å². The first kappa shape index (κ1) is 39.1. The van der Waals surface area contributed by atoms with Crippen molar-refractivity contribution >= 4 is 12.2 Å². The largest absolute Gasteiger partial charge is 0.390 e. The molecule has 0 aromatic heterocycles. The first-order valence-electron chi connectivity index (χ1n) is 12.9. The Labute approximate surface area is 222 Å². The van der Waals surface area contributed by atoms with Gasteiger partial charge in [0, 0.05) is 19.6 Å². The Morgan fingerprint density at radius 2 is 1.89 bits per heavy atom. The summed E-state index contributed by atoms with van der Waals surface area (Å²) in [6, 6.07) is 0.0124. The van der Waals surface area contributed by atoms with Crippen LogP contribution in [0.1, 0.15) is 66.7 Å². The smallest absolute Gasteiger partial charge is 0.239 e. The van der Waals surface area contributed by atoms with Crippen LogP contribution < -0.4 is 27.8 Å². The van der Waals surface area contributed by atoms with E-state index in [-0.39, 0.29) is 24.3 Å². The fourth-order valence-electron chi connectivity index (χ4n) is 3.08. The molecule has 37 heavy (non-hydrogen) atoms. The Kier molecular flexibility index (Phi) is 29.8. The second kappa shape index (κ2) is 28.2. The van der Waals surface area contributed by atoms with Gasteiger partial charge < -0.3 is 32.7 Å². The van der Waals surface area contributed by atoms with Gasteiger partial charge in [0.05, 0.1) is 18.9 Å². The first-order valence-corrected chi connectivity index (χ1v) is 12.9. The molecule has 8 nitrogen and oxygen atoms in total. The highest BCUT2D eigenvalue weighted by Crippen LogP contribution is 2.11. The van der Waals surface area contributed by atoms with E-state index in [1.807, 2.05) is 24.8 Å². The lowest BCUT2D eigenvalue weighted by atomic mass is 10.0. The zero-order valence-corrected chi connectivity index (χ0v) is 23.7. The van der Waals surface area contributed by atoms with Gasteiger partial charge in [-0.15, -0.1) is 0 Å². The highest BCUT2D eigenvalue weighted by Gasteiger charge is 2.26. The monoisotopic (exact) mass is 535 g/mol. The number of likely N-dealkylation sites (tertiary alicyclic amines) is 1. The molecule has 8 N–H and O–H groups in total. The quantitative estimate of drug-likeness (QED) is 0.112. The van der Waals surface area contributed by atoms with Crippen LogP contribution in [-0.2, 0) is 4.79 Å². The number of alkyl halides is 2. The van der Waals surface area contributed by atoms with Gasteiger partial charge in [-0.1, -0.05) is 43.6 Å². The van der Waals surface area contributed by atoms with Gasteiger partial charge in [-0.2, -0.15) is 0 Å². The van der Waals surface area contributed by atoms with E-state index in [0.29, 0.717) is 0 Å². The fourth-order valence-corrected chi connectivity index (χ4v) is 3.08. The third-order valence-corrected chi connectivity index (χ3v) is 4.86. The minimum atomic E-state index is -2.17. The highest BCUT2D eigenvalue weighted by atomic mass is 19.3. The molecule has 0 saturated carbocycles. The predicted octanol–water partition coefficient (Wildman–Crippen LogP) is 3.81. The lowest BCUT2D eigenvalue weighted by Crippen LogP contribution is -2.50. The summed E-state index contributed by atoms with van der Waals surface area (Å²) < 4.78 is 33.7. The fraction of sp³-hybridized carbons (Fsp3) is 0.692. The third-order valence-electron chi connectivity index (χ3n) is 4.86. The normalized spacial score (nSPS) is 16.5. The lowest BCUT2D eigenvalue weighted by molar-refractivity contribution is -0.135. The predicted molar refractivity (Wildman–Crippen MR) is 151 cm³/mol. The summed E-state index contributed by atoms with van der Waals surface area (Å²) in [6.07, 6.45) is 10.4. The minimum absolute atomic E-state index is 0.0124. The van der Waals surface area contributed by atoms with Crippen molar-refractivity contribution in [3.8, 4) is 0 Å². The minimum Gasteiger partial charge on any atom is -0.390 e. The van der Waals surface area contributed by atoms with E-state index in [4.69, 9.17) is 11.5 Å². The molecular weight excluding hydrogens is 483 g/mol. The summed E-state index contributed by atoms with van der Waals surface area (Å²) >= 11 is 0. The van der Waals surface area contributed by atoms with Crippen LogP contribution in [0.2, 0.25) is 0 Å². The van der Waals surface area contributed by atoms with Crippen LogP contribution in [0.4, 0.5) is 13.2 Å². The maximum absolute atomic E-state index is 13.0. The van der Waals surface area contributed by atoms with Gasteiger partial charge in [0.15, 0.2) is 11.6 Å². The summed E-state index contributed by atoms with van der Waals surface area (Å²) in [7, 11) is 1.50. The first-order chi connectivity index (χ1) is 17.6. The van der Waals surface area contributed by atoms with Gasteiger partial charge in [0.1, 0.15) is 0 Å². The van der Waals surface area contributed by atoms with Crippen LogP contribution in [0.3, 0.4) is 0 Å². The second-order valence-corrected chi connectivity index (χ2v) is 7.94. The van der Waals surface area contributed by atoms with Crippen LogP contribution in [-0.4, -0.2) is 69.4 Å². The number of nitrogens with zero attached hydrogens (tertiary/aromatic N) is 2. The van der Waals surface area contributed by atoms with E-state index in [1.54, 1.807) is 0 Å². The van der Waals surface area contributed by atoms with Crippen molar-refractivity contribution in [3.63, 3.8) is 0 Å². The molecule has 1 fully saturated rings. The average Bonchev–Trinajstić information content (AvgIpc) is 2.86. The summed E-state index contributed by atoms with van der Waals surface area (Å²) in [5.74, 6) is -0.366. The van der Waals surface area contributed by atoms with E-state index >= 15 is 0 Å². The number of carbonyl (C=O) groups excluding carboxylic acids is 1. The van der Waals surface area contributed by atoms with Crippen molar-refractivity contribution in [1.29, 1.82) is 0 Å². The van der Waals surface area contributed by atoms with Crippen molar-refractivity contribution in [1.82, 2.24) is 15.5 Å². The molecule has 0 spiro atoms. The number of likely N-dealkylation sites (N-methyl/N-ethyl adjacent to an activating group) is 1. The Bertz CT molecular complexity index is 666. The van der Waals surface area contributed by atoms with E-state index in [2.05, 4.69) is 47.4 Å². The number of piperidine rings is 1. The van der Waals surface area contributed by atoms with Crippen molar-refractivity contribution in [2.45, 2.75) is 79.2 Å². The SMILES string of the molecule is C/C=C\C(C)=C/CNC1CCCN(CC)C1=O.CC(F)F.CCCCCNC/C(F)=C(N)\N=C/N.CN. The molecule has 0 bridgehead atoms. The number of halogens is 3. The van der Waals surface area contributed by atoms with E-state index in [9.17, 15) is 18.0 Å².